The molecule has 0 aromatic carbocycles. The van der Waals surface area contributed by atoms with Gasteiger partial charge in [-0.25, -0.2) is 0 Å². The molecule has 0 saturated carbocycles. The third kappa shape index (κ3) is 8.20. The van der Waals surface area contributed by atoms with Crippen LogP contribution in [0.5, 0.6) is 0 Å². The maximum atomic E-state index is 9.23. The van der Waals surface area contributed by atoms with E-state index in [9.17, 15) is 46.0 Å². The molecule has 3 unspecified atom stereocenters. The lowest BCUT2D eigenvalue weighted by Gasteiger charge is -2.38. The molecule has 15 heteroatoms. The highest BCUT2D eigenvalue weighted by Gasteiger charge is 2.43. The van der Waals surface area contributed by atoms with Gasteiger partial charge < -0.3 is 75.5 Å². The van der Waals surface area contributed by atoms with E-state index in [4.69, 9.17) is 29.5 Å². The molecule has 3 aliphatic rings. The molecule has 0 bridgehead atoms. The van der Waals surface area contributed by atoms with Gasteiger partial charge >= 0.3 is 0 Å². The Balaban J connectivity index is 0.000000270. The molecule has 0 aromatic heterocycles. The first-order chi connectivity index (χ1) is 16.7. The van der Waals surface area contributed by atoms with E-state index in [0.29, 0.717) is 0 Å². The second kappa shape index (κ2) is 15.1. The van der Waals surface area contributed by atoms with E-state index in [1.807, 2.05) is 0 Å². The van der Waals surface area contributed by atoms with Crippen molar-refractivity contribution in [2.24, 2.45) is 0 Å². The molecule has 15 nitrogen and oxygen atoms in total. The van der Waals surface area contributed by atoms with Crippen molar-refractivity contribution in [3.05, 3.63) is 0 Å². The van der Waals surface area contributed by atoms with Crippen LogP contribution in [-0.4, -0.2) is 173 Å². The molecule has 3 saturated heterocycles. The van der Waals surface area contributed by atoms with Crippen LogP contribution in [0.25, 0.3) is 0 Å². The Morgan fingerprint density at radius 3 is 0.722 bits per heavy atom. The van der Waals surface area contributed by atoms with Crippen LogP contribution in [0.15, 0.2) is 0 Å². The predicted molar refractivity (Wildman–Crippen MR) is 118 cm³/mol. The molecule has 3 rings (SSSR count). The second-order valence-electron chi connectivity index (χ2n) is 9.10. The molecule has 3 aliphatic heterocycles. The van der Waals surface area contributed by atoms with Crippen LogP contribution >= 0.6 is 0 Å². The Bertz CT molecular complexity index is 519. The summed E-state index contributed by atoms with van der Waals surface area (Å²) in [5, 5.41) is 109. The summed E-state index contributed by atoms with van der Waals surface area (Å²) in [7, 11) is 0. The van der Waals surface area contributed by atoms with Crippen LogP contribution in [-0.2, 0) is 14.2 Å². The zero-order valence-corrected chi connectivity index (χ0v) is 20.4. The summed E-state index contributed by atoms with van der Waals surface area (Å²) in [5.74, 6) is 0. The molecule has 0 spiro atoms. The molecule has 3 fully saturated rings. The third-order valence-corrected chi connectivity index (χ3v) is 6.39. The monoisotopic (exact) mass is 534 g/mol. The minimum absolute atomic E-state index is 0.366. The zero-order chi connectivity index (χ0) is 27.9. The van der Waals surface area contributed by atoms with Crippen LogP contribution in [0.3, 0.4) is 0 Å². The number of ether oxygens (including phenoxy) is 3. The van der Waals surface area contributed by atoms with Crippen LogP contribution in [0, 0.1) is 0 Å². The number of aliphatic hydroxyl groups is 12. The standard InChI is InChI=1S/3C7H14O5/c3*1-3-5(9)7(11)6(10)4(2-8)12-3/h3*3-11H,2H2,1H3/t3?,4-,5+,6+,7-;3?,4-,5+,6-,7-;3?,4-,5-,6-,7-/m111/s1. The van der Waals surface area contributed by atoms with E-state index in [1.54, 1.807) is 20.8 Å². The maximum absolute atomic E-state index is 9.23. The Morgan fingerprint density at radius 1 is 0.361 bits per heavy atom. The largest absolute Gasteiger partial charge is 0.394 e. The molecular formula is C21H42O15. The minimum Gasteiger partial charge on any atom is -0.394 e. The molecule has 216 valence electrons. The van der Waals surface area contributed by atoms with Crippen LogP contribution in [0.4, 0.5) is 0 Å². The fourth-order valence-electron chi connectivity index (χ4n) is 3.86. The predicted octanol–water partition coefficient (Wildman–Crippen LogP) is -6.45. The highest BCUT2D eigenvalue weighted by Crippen LogP contribution is 2.22. The topological polar surface area (TPSA) is 270 Å². The first kappa shape index (κ1) is 33.4. The van der Waals surface area contributed by atoms with Crippen molar-refractivity contribution in [2.75, 3.05) is 19.8 Å². The van der Waals surface area contributed by atoms with Crippen molar-refractivity contribution < 1.29 is 75.5 Å². The number of rotatable bonds is 3. The van der Waals surface area contributed by atoms with Crippen LogP contribution in [0.2, 0.25) is 0 Å². The van der Waals surface area contributed by atoms with E-state index >= 15 is 0 Å². The Labute approximate surface area is 208 Å². The van der Waals surface area contributed by atoms with Gasteiger partial charge in [-0.1, -0.05) is 0 Å². The average Bonchev–Trinajstić information content (AvgIpc) is 2.87. The maximum Gasteiger partial charge on any atom is 0.111 e. The molecule has 0 amide bonds. The number of aliphatic hydroxyl groups excluding tert-OH is 12. The first-order valence-corrected chi connectivity index (χ1v) is 11.6. The van der Waals surface area contributed by atoms with Crippen molar-refractivity contribution in [2.45, 2.75) is 112 Å². The first-order valence-electron chi connectivity index (χ1n) is 11.6. The summed E-state index contributed by atoms with van der Waals surface area (Å²) in [5.41, 5.74) is 0. The van der Waals surface area contributed by atoms with Gasteiger partial charge in [-0.2, -0.15) is 0 Å². The van der Waals surface area contributed by atoms with Gasteiger partial charge in [0.2, 0.25) is 0 Å². The molecular weight excluding hydrogens is 492 g/mol. The highest BCUT2D eigenvalue weighted by molar-refractivity contribution is 4.91. The fourth-order valence-corrected chi connectivity index (χ4v) is 3.86. The highest BCUT2D eigenvalue weighted by atomic mass is 16.6. The van der Waals surface area contributed by atoms with E-state index in [2.05, 4.69) is 0 Å². The van der Waals surface area contributed by atoms with E-state index in [-0.39, 0.29) is 19.8 Å². The minimum atomic E-state index is -1.24. The molecule has 0 radical (unpaired) electrons. The van der Waals surface area contributed by atoms with Gasteiger partial charge in [-0.05, 0) is 20.8 Å². The zero-order valence-electron chi connectivity index (χ0n) is 20.4. The summed E-state index contributed by atoms with van der Waals surface area (Å²) in [6, 6.07) is 0. The van der Waals surface area contributed by atoms with Gasteiger partial charge in [0.1, 0.15) is 73.2 Å². The molecule has 0 aliphatic carbocycles. The van der Waals surface area contributed by atoms with Crippen molar-refractivity contribution in [1.82, 2.24) is 0 Å². The number of hydrogen-bond donors (Lipinski definition) is 12. The van der Waals surface area contributed by atoms with Crippen molar-refractivity contribution in [1.29, 1.82) is 0 Å². The van der Waals surface area contributed by atoms with Gasteiger partial charge in [0.25, 0.3) is 0 Å². The van der Waals surface area contributed by atoms with Gasteiger partial charge in [0.05, 0.1) is 38.1 Å². The van der Waals surface area contributed by atoms with Gasteiger partial charge in [-0.3, -0.25) is 0 Å². The Kier molecular flexibility index (Phi) is 14.0. The second-order valence-corrected chi connectivity index (χ2v) is 9.10. The molecule has 0 aromatic rings. The van der Waals surface area contributed by atoms with Crippen molar-refractivity contribution in [3.8, 4) is 0 Å². The molecule has 15 atom stereocenters. The van der Waals surface area contributed by atoms with E-state index in [0.717, 1.165) is 0 Å². The average molecular weight is 535 g/mol. The summed E-state index contributed by atoms with van der Waals surface area (Å²) in [6.45, 7) is 3.62. The van der Waals surface area contributed by atoms with E-state index < -0.39 is 91.6 Å². The van der Waals surface area contributed by atoms with Crippen LogP contribution in [0.1, 0.15) is 20.8 Å². The van der Waals surface area contributed by atoms with Gasteiger partial charge in [0.15, 0.2) is 0 Å². The van der Waals surface area contributed by atoms with Gasteiger partial charge in [0, 0.05) is 0 Å². The smallest absolute Gasteiger partial charge is 0.111 e. The SMILES string of the molecule is CC1O[C@H](CO)[C@@H](O)[C@H](O)[C@@H]1O.CC1O[C@H](CO)[C@@H](O)[C@H](O)[C@H]1O.CC1O[C@H](CO)[C@H](O)[C@H](O)[C@H]1O. The summed E-state index contributed by atoms with van der Waals surface area (Å²) >= 11 is 0. The van der Waals surface area contributed by atoms with E-state index in [1.165, 1.54) is 0 Å². The normalized spacial score (nSPS) is 49.2. The lowest BCUT2D eigenvalue weighted by atomic mass is 9.96. The summed E-state index contributed by atoms with van der Waals surface area (Å²) < 4.78 is 15.1. The third-order valence-electron chi connectivity index (χ3n) is 6.39. The molecule has 36 heavy (non-hydrogen) atoms. The Hall–Kier alpha value is -0.600. The summed E-state index contributed by atoms with van der Waals surface area (Å²) in [6.07, 6.45) is -14.8. The van der Waals surface area contributed by atoms with Crippen molar-refractivity contribution >= 4 is 0 Å². The quantitative estimate of drug-likeness (QED) is 0.160. The van der Waals surface area contributed by atoms with Gasteiger partial charge in [-0.15, -0.1) is 0 Å². The summed E-state index contributed by atoms with van der Waals surface area (Å²) in [4.78, 5) is 0. The number of hydrogen-bond acceptors (Lipinski definition) is 15. The Morgan fingerprint density at radius 2 is 0.556 bits per heavy atom. The fraction of sp³-hybridized carbons (Fsp3) is 1.00. The molecule has 12 N–H and O–H groups in total. The molecule has 3 heterocycles. The van der Waals surface area contributed by atoms with Crippen LogP contribution < -0.4 is 0 Å². The van der Waals surface area contributed by atoms with Crippen molar-refractivity contribution in [3.63, 3.8) is 0 Å². The lowest BCUT2D eigenvalue weighted by Crippen LogP contribution is -2.57. The lowest BCUT2D eigenvalue weighted by molar-refractivity contribution is -0.224.